The molecule has 2 N–H and O–H groups in total. The number of ether oxygens (including phenoxy) is 1. The van der Waals surface area contributed by atoms with E-state index in [4.69, 9.17) is 4.74 Å². The average Bonchev–Trinajstić information content (AvgIpc) is 2.73. The lowest BCUT2D eigenvalue weighted by atomic mass is 10.1. The van der Waals surface area contributed by atoms with Crippen molar-refractivity contribution in [3.8, 4) is 0 Å². The zero-order valence-corrected chi connectivity index (χ0v) is 13.0. The van der Waals surface area contributed by atoms with Gasteiger partial charge in [-0.05, 0) is 0 Å². The Kier molecular flexibility index (Phi) is 7.51. The summed E-state index contributed by atoms with van der Waals surface area (Å²) in [5.41, 5.74) is 0. The van der Waals surface area contributed by atoms with Gasteiger partial charge in [0.25, 0.3) is 0 Å². The second-order valence-electron chi connectivity index (χ2n) is 5.12. The van der Waals surface area contributed by atoms with Gasteiger partial charge in [-0.1, -0.05) is 6.92 Å². The summed E-state index contributed by atoms with van der Waals surface area (Å²) in [4.78, 5) is 46.9. The quantitative estimate of drug-likeness (QED) is 0.421. The standard InChI is InChI=1S/C14H23N3O5/c1-10-9-13(20)17(14(10)21)6-3-12(19)16-5-8-22-7-4-11(18)15-2/h10H,3-9H2,1-2H3,(H,15,18)(H,16,19). The van der Waals surface area contributed by atoms with Gasteiger partial charge in [-0.3, -0.25) is 24.1 Å². The van der Waals surface area contributed by atoms with Gasteiger partial charge in [0.1, 0.15) is 0 Å². The molecule has 8 heteroatoms. The van der Waals surface area contributed by atoms with Crippen molar-refractivity contribution >= 4 is 23.6 Å². The Labute approximate surface area is 129 Å². The number of likely N-dealkylation sites (tertiary alicyclic amines) is 1. The molecule has 8 nitrogen and oxygen atoms in total. The van der Waals surface area contributed by atoms with Gasteiger partial charge >= 0.3 is 0 Å². The van der Waals surface area contributed by atoms with E-state index in [0.29, 0.717) is 19.8 Å². The summed E-state index contributed by atoms with van der Waals surface area (Å²) < 4.78 is 5.19. The highest BCUT2D eigenvalue weighted by atomic mass is 16.5. The summed E-state index contributed by atoms with van der Waals surface area (Å²) in [6, 6.07) is 0. The summed E-state index contributed by atoms with van der Waals surface area (Å²) in [6.45, 7) is 2.75. The Morgan fingerprint density at radius 1 is 1.23 bits per heavy atom. The maximum atomic E-state index is 11.7. The van der Waals surface area contributed by atoms with Crippen LogP contribution in [0.3, 0.4) is 0 Å². The number of hydrogen-bond acceptors (Lipinski definition) is 5. The summed E-state index contributed by atoms with van der Waals surface area (Å²) in [6.07, 6.45) is 0.587. The van der Waals surface area contributed by atoms with Crippen molar-refractivity contribution in [3.63, 3.8) is 0 Å². The molecular formula is C14H23N3O5. The molecule has 0 aromatic carbocycles. The predicted molar refractivity (Wildman–Crippen MR) is 77.6 cm³/mol. The number of hydrogen-bond donors (Lipinski definition) is 2. The molecule has 1 aliphatic rings. The molecule has 0 aliphatic carbocycles. The SMILES string of the molecule is CNC(=O)CCOCCNC(=O)CCN1C(=O)CC(C)C1=O. The van der Waals surface area contributed by atoms with Crippen LogP contribution < -0.4 is 10.6 Å². The molecule has 0 spiro atoms. The van der Waals surface area contributed by atoms with E-state index >= 15 is 0 Å². The zero-order chi connectivity index (χ0) is 16.5. The second-order valence-corrected chi connectivity index (χ2v) is 5.12. The topological polar surface area (TPSA) is 105 Å². The number of imide groups is 1. The van der Waals surface area contributed by atoms with Crippen molar-refractivity contribution < 1.29 is 23.9 Å². The lowest BCUT2D eigenvalue weighted by molar-refractivity contribution is -0.139. The van der Waals surface area contributed by atoms with Crippen LogP contribution in [0.2, 0.25) is 0 Å². The zero-order valence-electron chi connectivity index (χ0n) is 13.0. The van der Waals surface area contributed by atoms with Gasteiger partial charge in [0, 0.05) is 45.3 Å². The molecule has 1 fully saturated rings. The third-order valence-electron chi connectivity index (χ3n) is 3.35. The Hall–Kier alpha value is -1.96. The molecule has 0 aromatic heterocycles. The van der Waals surface area contributed by atoms with E-state index in [-0.39, 0.29) is 55.4 Å². The Bertz CT molecular complexity index is 438. The largest absolute Gasteiger partial charge is 0.379 e. The highest BCUT2D eigenvalue weighted by molar-refractivity contribution is 6.03. The molecule has 0 radical (unpaired) electrons. The number of nitrogens with one attached hydrogen (secondary N) is 2. The average molecular weight is 313 g/mol. The van der Waals surface area contributed by atoms with Crippen molar-refractivity contribution in [3.05, 3.63) is 0 Å². The normalized spacial score (nSPS) is 17.7. The summed E-state index contributed by atoms with van der Waals surface area (Å²) in [5.74, 6) is -1.06. The minimum Gasteiger partial charge on any atom is -0.379 e. The monoisotopic (exact) mass is 313 g/mol. The first-order chi connectivity index (χ1) is 10.5. The number of rotatable bonds is 9. The fourth-order valence-electron chi connectivity index (χ4n) is 2.04. The van der Waals surface area contributed by atoms with Crippen LogP contribution in [0.15, 0.2) is 0 Å². The molecule has 0 saturated carbocycles. The molecule has 22 heavy (non-hydrogen) atoms. The minimum atomic E-state index is -0.288. The van der Waals surface area contributed by atoms with Crippen molar-refractivity contribution in [2.75, 3.05) is 33.4 Å². The highest BCUT2D eigenvalue weighted by Crippen LogP contribution is 2.18. The van der Waals surface area contributed by atoms with E-state index in [0.717, 1.165) is 4.90 Å². The smallest absolute Gasteiger partial charge is 0.232 e. The van der Waals surface area contributed by atoms with E-state index in [1.165, 1.54) is 0 Å². The molecule has 1 saturated heterocycles. The Morgan fingerprint density at radius 2 is 1.95 bits per heavy atom. The van der Waals surface area contributed by atoms with Crippen LogP contribution in [0.5, 0.6) is 0 Å². The third kappa shape index (κ3) is 5.80. The van der Waals surface area contributed by atoms with Crippen molar-refractivity contribution in [2.24, 2.45) is 5.92 Å². The van der Waals surface area contributed by atoms with Crippen LogP contribution >= 0.6 is 0 Å². The van der Waals surface area contributed by atoms with E-state index in [9.17, 15) is 19.2 Å². The first kappa shape index (κ1) is 18.1. The second kappa shape index (κ2) is 9.14. The number of amides is 4. The molecule has 1 heterocycles. The maximum absolute atomic E-state index is 11.7. The third-order valence-corrected chi connectivity index (χ3v) is 3.35. The number of nitrogens with zero attached hydrogens (tertiary/aromatic N) is 1. The van der Waals surface area contributed by atoms with Gasteiger partial charge in [-0.25, -0.2) is 0 Å². The Morgan fingerprint density at radius 3 is 2.55 bits per heavy atom. The molecule has 0 bridgehead atoms. The maximum Gasteiger partial charge on any atom is 0.232 e. The fourth-order valence-corrected chi connectivity index (χ4v) is 2.04. The molecule has 0 aromatic rings. The lowest BCUT2D eigenvalue weighted by Crippen LogP contribution is -2.35. The summed E-state index contributed by atoms with van der Waals surface area (Å²) in [7, 11) is 1.55. The van der Waals surface area contributed by atoms with E-state index in [1.807, 2.05) is 0 Å². The molecule has 1 rings (SSSR count). The summed E-state index contributed by atoms with van der Waals surface area (Å²) >= 11 is 0. The van der Waals surface area contributed by atoms with Gasteiger partial charge in [0.15, 0.2) is 0 Å². The van der Waals surface area contributed by atoms with Gasteiger partial charge < -0.3 is 15.4 Å². The number of carbonyl (C=O) groups is 4. The van der Waals surface area contributed by atoms with E-state index < -0.39 is 0 Å². The predicted octanol–water partition coefficient (Wildman–Crippen LogP) is -0.960. The first-order valence-electron chi connectivity index (χ1n) is 7.35. The van der Waals surface area contributed by atoms with Crippen molar-refractivity contribution in [1.82, 2.24) is 15.5 Å². The van der Waals surface area contributed by atoms with Gasteiger partial charge in [0.05, 0.1) is 13.2 Å². The van der Waals surface area contributed by atoms with Gasteiger partial charge in [-0.2, -0.15) is 0 Å². The van der Waals surface area contributed by atoms with E-state index in [1.54, 1.807) is 14.0 Å². The molecule has 1 unspecified atom stereocenters. The number of carbonyl (C=O) groups excluding carboxylic acids is 4. The first-order valence-corrected chi connectivity index (χ1v) is 7.35. The van der Waals surface area contributed by atoms with Crippen LogP contribution in [-0.2, 0) is 23.9 Å². The van der Waals surface area contributed by atoms with Crippen molar-refractivity contribution in [2.45, 2.75) is 26.2 Å². The van der Waals surface area contributed by atoms with Crippen LogP contribution in [0.4, 0.5) is 0 Å². The molecular weight excluding hydrogens is 290 g/mol. The van der Waals surface area contributed by atoms with Crippen LogP contribution in [0.1, 0.15) is 26.2 Å². The highest BCUT2D eigenvalue weighted by Gasteiger charge is 2.35. The van der Waals surface area contributed by atoms with Gasteiger partial charge in [-0.15, -0.1) is 0 Å². The van der Waals surface area contributed by atoms with Crippen molar-refractivity contribution in [1.29, 1.82) is 0 Å². The van der Waals surface area contributed by atoms with Gasteiger partial charge in [0.2, 0.25) is 23.6 Å². The molecule has 1 aliphatic heterocycles. The molecule has 1 atom stereocenters. The van der Waals surface area contributed by atoms with Crippen LogP contribution in [0.25, 0.3) is 0 Å². The fraction of sp³-hybridized carbons (Fsp3) is 0.714. The van der Waals surface area contributed by atoms with Crippen LogP contribution in [-0.4, -0.2) is 61.9 Å². The molecule has 4 amide bonds. The minimum absolute atomic E-state index is 0.0858. The Balaban J connectivity index is 2.08. The van der Waals surface area contributed by atoms with E-state index in [2.05, 4.69) is 10.6 Å². The van der Waals surface area contributed by atoms with Crippen LogP contribution in [0, 0.1) is 5.92 Å². The molecule has 124 valence electrons. The summed E-state index contributed by atoms with van der Waals surface area (Å²) in [5, 5.41) is 5.12. The lowest BCUT2D eigenvalue weighted by Gasteiger charge is -2.14.